The van der Waals surface area contributed by atoms with E-state index in [1.165, 1.54) is 12.1 Å². The maximum absolute atomic E-state index is 13.1. The van der Waals surface area contributed by atoms with Gasteiger partial charge in [0.25, 0.3) is 0 Å². The molecule has 5 nitrogen and oxygen atoms in total. The molecule has 6 heteroatoms. The van der Waals surface area contributed by atoms with Gasteiger partial charge in [-0.05, 0) is 31.0 Å². The third-order valence-corrected chi connectivity index (χ3v) is 4.58. The lowest BCUT2D eigenvalue weighted by atomic mass is 9.64. The van der Waals surface area contributed by atoms with Crippen LogP contribution in [0.15, 0.2) is 24.3 Å². The second kappa shape index (κ2) is 7.75. The molecule has 0 radical (unpaired) electrons. The summed E-state index contributed by atoms with van der Waals surface area (Å²) in [6.07, 6.45) is 0.978. The molecule has 2 N–H and O–H groups in total. The Morgan fingerprint density at radius 1 is 1.33 bits per heavy atom. The Labute approximate surface area is 142 Å². The Hall–Kier alpha value is -1.95. The normalized spacial score (nSPS) is 21.7. The van der Waals surface area contributed by atoms with Gasteiger partial charge in [0, 0.05) is 18.1 Å². The van der Waals surface area contributed by atoms with E-state index < -0.39 is 0 Å². The number of ether oxygens (including phenoxy) is 1. The minimum absolute atomic E-state index is 0.0432. The van der Waals surface area contributed by atoms with E-state index in [4.69, 9.17) is 4.74 Å². The monoisotopic (exact) mass is 336 g/mol. The van der Waals surface area contributed by atoms with E-state index in [9.17, 15) is 14.0 Å². The average molecular weight is 336 g/mol. The van der Waals surface area contributed by atoms with Gasteiger partial charge in [-0.3, -0.25) is 9.59 Å². The van der Waals surface area contributed by atoms with Crippen LogP contribution < -0.4 is 10.6 Å². The highest BCUT2D eigenvalue weighted by atomic mass is 19.1. The summed E-state index contributed by atoms with van der Waals surface area (Å²) in [7, 11) is 0. The molecular formula is C18H25FN2O3. The van der Waals surface area contributed by atoms with Crippen LogP contribution in [-0.4, -0.2) is 37.1 Å². The van der Waals surface area contributed by atoms with Crippen LogP contribution in [0.2, 0.25) is 0 Å². The predicted molar refractivity (Wildman–Crippen MR) is 88.9 cm³/mol. The van der Waals surface area contributed by atoms with E-state index in [-0.39, 0.29) is 48.2 Å². The summed E-state index contributed by atoms with van der Waals surface area (Å²) in [6, 6.07) is 5.91. The van der Waals surface area contributed by atoms with Gasteiger partial charge in [0.1, 0.15) is 5.82 Å². The molecule has 1 aromatic carbocycles. The molecule has 0 unspecified atom stereocenters. The topological polar surface area (TPSA) is 67.4 Å². The first-order valence-corrected chi connectivity index (χ1v) is 8.25. The van der Waals surface area contributed by atoms with Crippen molar-refractivity contribution >= 4 is 11.8 Å². The number of rotatable bonds is 7. The molecule has 2 rings (SSSR count). The van der Waals surface area contributed by atoms with E-state index in [0.29, 0.717) is 12.2 Å². The van der Waals surface area contributed by atoms with Crippen LogP contribution in [0.25, 0.3) is 0 Å². The second-order valence-electron chi connectivity index (χ2n) is 6.70. The smallest absolute Gasteiger partial charge is 0.239 e. The Balaban J connectivity index is 1.73. The lowest BCUT2D eigenvalue weighted by molar-refractivity contribution is -0.137. The highest BCUT2D eigenvalue weighted by Gasteiger charge is 2.49. The van der Waals surface area contributed by atoms with Crippen LogP contribution in [0.5, 0.6) is 0 Å². The standard InChI is InChI=1S/C18H25FN2O3/c1-4-24-15-10-14(18(15,2)3)21-17(23)11-20-16(22)9-12-6-5-7-13(19)8-12/h5-8,14-15H,4,9-11H2,1-3H3,(H,20,22)(H,21,23)/t14-,15-/m0/s1. The van der Waals surface area contributed by atoms with E-state index >= 15 is 0 Å². The van der Waals surface area contributed by atoms with Crippen LogP contribution >= 0.6 is 0 Å². The Morgan fingerprint density at radius 3 is 2.71 bits per heavy atom. The number of hydrogen-bond donors (Lipinski definition) is 2. The maximum atomic E-state index is 13.1. The number of hydrogen-bond acceptors (Lipinski definition) is 3. The average Bonchev–Trinajstić information content (AvgIpc) is 2.52. The molecule has 0 saturated heterocycles. The molecule has 0 heterocycles. The fourth-order valence-corrected chi connectivity index (χ4v) is 2.93. The van der Waals surface area contributed by atoms with Crippen molar-refractivity contribution in [3.05, 3.63) is 35.6 Å². The largest absolute Gasteiger partial charge is 0.378 e. The maximum Gasteiger partial charge on any atom is 0.239 e. The molecule has 1 fully saturated rings. The van der Waals surface area contributed by atoms with Crippen molar-refractivity contribution in [2.75, 3.05) is 13.2 Å². The number of nitrogens with one attached hydrogen (secondary N) is 2. The van der Waals surface area contributed by atoms with Gasteiger partial charge in [0.15, 0.2) is 0 Å². The van der Waals surface area contributed by atoms with E-state index in [2.05, 4.69) is 24.5 Å². The first-order valence-electron chi connectivity index (χ1n) is 8.25. The number of carbonyl (C=O) groups excluding carboxylic acids is 2. The van der Waals surface area contributed by atoms with Gasteiger partial charge in [-0.1, -0.05) is 26.0 Å². The van der Waals surface area contributed by atoms with Gasteiger partial charge < -0.3 is 15.4 Å². The lowest BCUT2D eigenvalue weighted by Crippen LogP contribution is -2.62. The fraction of sp³-hybridized carbons (Fsp3) is 0.556. The summed E-state index contributed by atoms with van der Waals surface area (Å²) < 4.78 is 18.7. The highest BCUT2D eigenvalue weighted by Crippen LogP contribution is 2.42. The molecule has 2 amide bonds. The molecule has 1 aliphatic carbocycles. The molecule has 0 aliphatic heterocycles. The van der Waals surface area contributed by atoms with E-state index in [1.807, 2.05) is 6.92 Å². The minimum Gasteiger partial charge on any atom is -0.378 e. The first kappa shape index (κ1) is 18.4. The number of halogens is 1. The van der Waals surface area contributed by atoms with Crippen molar-refractivity contribution in [3.63, 3.8) is 0 Å². The van der Waals surface area contributed by atoms with Gasteiger partial charge in [0.2, 0.25) is 11.8 Å². The van der Waals surface area contributed by atoms with Crippen LogP contribution in [0.3, 0.4) is 0 Å². The van der Waals surface area contributed by atoms with Crippen molar-refractivity contribution in [3.8, 4) is 0 Å². The molecule has 24 heavy (non-hydrogen) atoms. The van der Waals surface area contributed by atoms with Crippen molar-refractivity contribution in [2.24, 2.45) is 5.41 Å². The Kier molecular flexibility index (Phi) is 5.94. The third-order valence-electron chi connectivity index (χ3n) is 4.58. The van der Waals surface area contributed by atoms with Crippen LogP contribution in [-0.2, 0) is 20.7 Å². The SMILES string of the molecule is CCO[C@H]1C[C@H](NC(=O)CNC(=O)Cc2cccc(F)c2)C1(C)C. The zero-order valence-corrected chi connectivity index (χ0v) is 14.4. The molecule has 2 atom stereocenters. The summed E-state index contributed by atoms with van der Waals surface area (Å²) in [6.45, 7) is 6.65. The van der Waals surface area contributed by atoms with E-state index in [1.54, 1.807) is 12.1 Å². The van der Waals surface area contributed by atoms with Gasteiger partial charge >= 0.3 is 0 Å². The molecule has 1 saturated carbocycles. The summed E-state index contributed by atoms with van der Waals surface area (Å²) >= 11 is 0. The molecule has 0 aromatic heterocycles. The summed E-state index contributed by atoms with van der Waals surface area (Å²) in [5.41, 5.74) is 0.463. The summed E-state index contributed by atoms with van der Waals surface area (Å²) in [5, 5.41) is 5.49. The zero-order valence-electron chi connectivity index (χ0n) is 14.4. The molecule has 0 spiro atoms. The third kappa shape index (κ3) is 4.54. The fourth-order valence-electron chi connectivity index (χ4n) is 2.93. The quantitative estimate of drug-likeness (QED) is 0.798. The predicted octanol–water partition coefficient (Wildman–Crippen LogP) is 1.80. The molecule has 132 valence electrons. The van der Waals surface area contributed by atoms with Crippen molar-refractivity contribution < 1.29 is 18.7 Å². The number of amides is 2. The molecular weight excluding hydrogens is 311 g/mol. The molecule has 1 aliphatic rings. The second-order valence-corrected chi connectivity index (χ2v) is 6.70. The molecule has 1 aromatic rings. The first-order chi connectivity index (χ1) is 11.3. The number of carbonyl (C=O) groups is 2. The minimum atomic E-state index is -0.380. The highest BCUT2D eigenvalue weighted by molar-refractivity contribution is 5.85. The van der Waals surface area contributed by atoms with Crippen molar-refractivity contribution in [1.29, 1.82) is 0 Å². The Bertz CT molecular complexity index is 604. The summed E-state index contributed by atoms with van der Waals surface area (Å²) in [4.78, 5) is 23.8. The van der Waals surface area contributed by atoms with Gasteiger partial charge in [-0.2, -0.15) is 0 Å². The lowest BCUT2D eigenvalue weighted by Gasteiger charge is -2.51. The van der Waals surface area contributed by atoms with Crippen LogP contribution in [0, 0.1) is 11.2 Å². The van der Waals surface area contributed by atoms with Gasteiger partial charge in [-0.15, -0.1) is 0 Å². The van der Waals surface area contributed by atoms with Gasteiger partial charge in [-0.25, -0.2) is 4.39 Å². The van der Waals surface area contributed by atoms with Crippen LogP contribution in [0.1, 0.15) is 32.8 Å². The van der Waals surface area contributed by atoms with Crippen LogP contribution in [0.4, 0.5) is 4.39 Å². The van der Waals surface area contributed by atoms with Crippen molar-refractivity contribution in [1.82, 2.24) is 10.6 Å². The summed E-state index contributed by atoms with van der Waals surface area (Å²) in [5.74, 6) is -0.916. The number of benzene rings is 1. The molecule has 0 bridgehead atoms. The van der Waals surface area contributed by atoms with E-state index in [0.717, 1.165) is 6.42 Å². The zero-order chi connectivity index (χ0) is 17.7. The van der Waals surface area contributed by atoms with Gasteiger partial charge in [0.05, 0.1) is 19.1 Å². The Morgan fingerprint density at radius 2 is 2.08 bits per heavy atom. The van der Waals surface area contributed by atoms with Crippen molar-refractivity contribution in [2.45, 2.75) is 45.8 Å².